The van der Waals surface area contributed by atoms with Crippen LogP contribution in [0.2, 0.25) is 5.02 Å². The molecule has 0 saturated heterocycles. The zero-order valence-corrected chi connectivity index (χ0v) is 7.06. The van der Waals surface area contributed by atoms with Crippen LogP contribution in [0.25, 0.3) is 0 Å². The molecule has 0 aromatic carbocycles. The summed E-state index contributed by atoms with van der Waals surface area (Å²) in [4.78, 5) is 19.9. The number of nitro groups is 1. The molecule has 13 heavy (non-hydrogen) atoms. The molecule has 1 amide bonds. The summed E-state index contributed by atoms with van der Waals surface area (Å²) in [6, 6.07) is 0. The number of amides is 1. The van der Waals surface area contributed by atoms with Gasteiger partial charge in [0.25, 0.3) is 0 Å². The SMILES string of the molecule is NC(=O)Cn1cc(Cl)c([N+](=O)[O-])n1. The third-order valence-electron chi connectivity index (χ3n) is 1.19. The molecular weight excluding hydrogens is 200 g/mol. The minimum Gasteiger partial charge on any atom is -0.368 e. The number of aromatic nitrogens is 2. The van der Waals surface area contributed by atoms with Crippen molar-refractivity contribution < 1.29 is 9.72 Å². The molecule has 1 aromatic heterocycles. The van der Waals surface area contributed by atoms with Gasteiger partial charge in [-0.1, -0.05) is 11.6 Å². The molecule has 0 aliphatic carbocycles. The van der Waals surface area contributed by atoms with Gasteiger partial charge in [-0.2, -0.15) is 4.68 Å². The summed E-state index contributed by atoms with van der Waals surface area (Å²) in [6.45, 7) is -0.229. The summed E-state index contributed by atoms with van der Waals surface area (Å²) in [5.41, 5.74) is 4.85. The summed E-state index contributed by atoms with van der Waals surface area (Å²) >= 11 is 5.45. The quantitative estimate of drug-likeness (QED) is 0.550. The lowest BCUT2D eigenvalue weighted by atomic mass is 10.6. The van der Waals surface area contributed by atoms with E-state index in [1.54, 1.807) is 0 Å². The van der Waals surface area contributed by atoms with E-state index in [9.17, 15) is 14.9 Å². The van der Waals surface area contributed by atoms with Crippen molar-refractivity contribution in [1.29, 1.82) is 0 Å². The van der Waals surface area contributed by atoms with Crippen LogP contribution in [0.5, 0.6) is 0 Å². The molecule has 2 N–H and O–H groups in total. The first-order chi connectivity index (χ1) is 6.00. The van der Waals surface area contributed by atoms with E-state index in [1.807, 2.05) is 0 Å². The zero-order valence-electron chi connectivity index (χ0n) is 6.31. The van der Waals surface area contributed by atoms with Gasteiger partial charge in [-0.25, -0.2) is 0 Å². The van der Waals surface area contributed by atoms with Gasteiger partial charge in [0.05, 0.1) is 11.3 Å². The summed E-state index contributed by atoms with van der Waals surface area (Å²) in [5, 5.41) is 13.6. The number of rotatable bonds is 3. The van der Waals surface area contributed by atoms with Gasteiger partial charge >= 0.3 is 5.82 Å². The number of nitrogens with two attached hydrogens (primary N) is 1. The standard InChI is InChI=1S/C5H5ClN4O3/c6-3-1-9(2-4(7)11)8-5(3)10(12)13/h1H,2H2,(H2,7,11). The molecule has 70 valence electrons. The maximum absolute atomic E-state index is 10.4. The lowest BCUT2D eigenvalue weighted by Crippen LogP contribution is -2.18. The van der Waals surface area contributed by atoms with Crippen molar-refractivity contribution in [1.82, 2.24) is 9.78 Å². The van der Waals surface area contributed by atoms with Crippen molar-refractivity contribution in [3.05, 3.63) is 21.3 Å². The molecule has 1 aromatic rings. The van der Waals surface area contributed by atoms with Crippen LogP contribution < -0.4 is 5.73 Å². The molecule has 0 bridgehead atoms. The highest BCUT2D eigenvalue weighted by molar-refractivity contribution is 6.32. The average molecular weight is 205 g/mol. The second-order valence-electron chi connectivity index (χ2n) is 2.22. The average Bonchev–Trinajstić information content (AvgIpc) is 2.29. The second-order valence-corrected chi connectivity index (χ2v) is 2.63. The predicted molar refractivity (Wildman–Crippen MR) is 43.1 cm³/mol. The van der Waals surface area contributed by atoms with Crippen LogP contribution in [0.3, 0.4) is 0 Å². The molecule has 0 atom stereocenters. The fourth-order valence-electron chi connectivity index (χ4n) is 0.751. The van der Waals surface area contributed by atoms with E-state index in [0.29, 0.717) is 0 Å². The van der Waals surface area contributed by atoms with E-state index >= 15 is 0 Å². The third kappa shape index (κ3) is 2.15. The van der Waals surface area contributed by atoms with Gasteiger partial charge in [0.1, 0.15) is 6.54 Å². The molecule has 1 rings (SSSR count). The Morgan fingerprint density at radius 3 is 2.85 bits per heavy atom. The molecule has 0 aliphatic rings. The van der Waals surface area contributed by atoms with E-state index < -0.39 is 16.6 Å². The Morgan fingerprint density at radius 2 is 2.46 bits per heavy atom. The molecule has 7 nitrogen and oxygen atoms in total. The number of carbonyl (C=O) groups is 1. The van der Waals surface area contributed by atoms with Crippen molar-refractivity contribution >= 4 is 23.3 Å². The smallest absolute Gasteiger partial charge is 0.368 e. The van der Waals surface area contributed by atoms with Gasteiger partial charge in [-0.15, -0.1) is 0 Å². The Morgan fingerprint density at radius 1 is 1.85 bits per heavy atom. The second kappa shape index (κ2) is 3.40. The largest absolute Gasteiger partial charge is 0.408 e. The highest BCUT2D eigenvalue weighted by atomic mass is 35.5. The van der Waals surface area contributed by atoms with Crippen LogP contribution in [-0.2, 0) is 11.3 Å². The minimum atomic E-state index is -0.736. The van der Waals surface area contributed by atoms with Gasteiger partial charge in [0.2, 0.25) is 5.91 Å². The first kappa shape index (κ1) is 9.46. The van der Waals surface area contributed by atoms with Crippen LogP contribution in [0.15, 0.2) is 6.20 Å². The summed E-state index contributed by atoms with van der Waals surface area (Å²) < 4.78 is 1.02. The lowest BCUT2D eigenvalue weighted by molar-refractivity contribution is -0.389. The van der Waals surface area contributed by atoms with E-state index in [2.05, 4.69) is 5.10 Å². The maximum atomic E-state index is 10.4. The van der Waals surface area contributed by atoms with Crippen molar-refractivity contribution in [2.24, 2.45) is 5.73 Å². The van der Waals surface area contributed by atoms with Crippen LogP contribution in [-0.4, -0.2) is 20.6 Å². The number of carbonyl (C=O) groups excluding carboxylic acids is 1. The number of hydrogen-bond donors (Lipinski definition) is 1. The highest BCUT2D eigenvalue weighted by Crippen LogP contribution is 2.20. The van der Waals surface area contributed by atoms with Gasteiger partial charge in [-0.3, -0.25) is 4.79 Å². The molecule has 0 aliphatic heterocycles. The molecular formula is C5H5ClN4O3. The maximum Gasteiger partial charge on any atom is 0.408 e. The van der Waals surface area contributed by atoms with E-state index in [0.717, 1.165) is 4.68 Å². The zero-order chi connectivity index (χ0) is 10.0. The molecule has 0 saturated carbocycles. The molecule has 0 radical (unpaired) electrons. The number of primary amides is 1. The van der Waals surface area contributed by atoms with Gasteiger partial charge in [0.15, 0.2) is 5.02 Å². The van der Waals surface area contributed by atoms with Crippen molar-refractivity contribution in [3.63, 3.8) is 0 Å². The fourth-order valence-corrected chi connectivity index (χ4v) is 0.971. The summed E-state index contributed by atoms with van der Waals surface area (Å²) in [5.74, 6) is -1.13. The van der Waals surface area contributed by atoms with Gasteiger partial charge in [-0.05, 0) is 4.92 Å². The fraction of sp³-hybridized carbons (Fsp3) is 0.200. The topological polar surface area (TPSA) is 104 Å². The molecule has 1 heterocycles. The van der Waals surface area contributed by atoms with Crippen molar-refractivity contribution in [3.8, 4) is 0 Å². The number of nitrogens with zero attached hydrogens (tertiary/aromatic N) is 3. The lowest BCUT2D eigenvalue weighted by Gasteiger charge is -1.88. The van der Waals surface area contributed by atoms with Crippen LogP contribution in [0.1, 0.15) is 0 Å². The Labute approximate surface area is 77.2 Å². The monoisotopic (exact) mass is 204 g/mol. The van der Waals surface area contributed by atoms with Crippen molar-refractivity contribution in [2.75, 3.05) is 0 Å². The highest BCUT2D eigenvalue weighted by Gasteiger charge is 2.19. The van der Waals surface area contributed by atoms with Gasteiger partial charge < -0.3 is 15.8 Å². The number of halogens is 1. The van der Waals surface area contributed by atoms with E-state index in [-0.39, 0.29) is 11.6 Å². The van der Waals surface area contributed by atoms with Crippen LogP contribution in [0, 0.1) is 10.1 Å². The number of hydrogen-bond acceptors (Lipinski definition) is 4. The third-order valence-corrected chi connectivity index (χ3v) is 1.46. The van der Waals surface area contributed by atoms with E-state index in [1.165, 1.54) is 6.20 Å². The Balaban J connectivity index is 2.95. The van der Waals surface area contributed by atoms with Crippen molar-refractivity contribution in [2.45, 2.75) is 6.54 Å². The first-order valence-electron chi connectivity index (χ1n) is 3.16. The predicted octanol–water partition coefficient (Wildman–Crippen LogP) is -0.0700. The Bertz CT molecular complexity index is 361. The Kier molecular flexibility index (Phi) is 2.47. The first-order valence-corrected chi connectivity index (χ1v) is 3.54. The van der Waals surface area contributed by atoms with E-state index in [4.69, 9.17) is 17.3 Å². The molecule has 0 fully saturated rings. The molecule has 8 heteroatoms. The minimum absolute atomic E-state index is 0.119. The van der Waals surface area contributed by atoms with Crippen LogP contribution in [0.4, 0.5) is 5.82 Å². The van der Waals surface area contributed by atoms with Crippen LogP contribution >= 0.6 is 11.6 Å². The summed E-state index contributed by atoms with van der Waals surface area (Å²) in [7, 11) is 0. The normalized spacial score (nSPS) is 9.92. The summed E-state index contributed by atoms with van der Waals surface area (Å²) in [6.07, 6.45) is 1.17. The van der Waals surface area contributed by atoms with Gasteiger partial charge in [0, 0.05) is 0 Å². The Hall–Kier alpha value is -1.63. The molecule has 0 spiro atoms. The molecule has 0 unspecified atom stereocenters.